The number of fused-ring (bicyclic) bond motifs is 1. The molecule has 0 saturated carbocycles. The van der Waals surface area contributed by atoms with Crippen LogP contribution in [0.1, 0.15) is 0 Å². The van der Waals surface area contributed by atoms with Crippen molar-refractivity contribution in [3.8, 4) is 0 Å². The largest absolute Gasteiger partial charge is 0.265 e. The first-order valence-electron chi connectivity index (χ1n) is 9.69. The van der Waals surface area contributed by atoms with Crippen molar-refractivity contribution in [1.29, 1.82) is 0 Å². The van der Waals surface area contributed by atoms with Gasteiger partial charge in [0, 0.05) is 62.0 Å². The van der Waals surface area contributed by atoms with Crippen molar-refractivity contribution in [1.82, 2.24) is 50.5 Å². The topological polar surface area (TPSA) is 132 Å². The summed E-state index contributed by atoms with van der Waals surface area (Å²) in [7, 11) is 0. The molecule has 0 aliphatic heterocycles. The Balaban J connectivity index is 0.000000148. The molecule has 1 aromatic carbocycles. The monoisotopic (exact) mass is 438 g/mol. The third-order valence-corrected chi connectivity index (χ3v) is 3.24. The van der Waals surface area contributed by atoms with E-state index < -0.39 is 0 Å². The molecule has 6 aromatic rings. The van der Waals surface area contributed by atoms with E-state index in [1.165, 1.54) is 6.33 Å². The van der Waals surface area contributed by atoms with E-state index in [4.69, 9.17) is 0 Å². The third kappa shape index (κ3) is 13.0. The summed E-state index contributed by atoms with van der Waals surface area (Å²) in [5.74, 6) is 0. The van der Waals surface area contributed by atoms with E-state index in [0.717, 1.165) is 11.0 Å². The van der Waals surface area contributed by atoms with E-state index in [2.05, 4.69) is 50.5 Å². The lowest BCUT2D eigenvalue weighted by atomic mass is 10.3. The molecule has 0 atom stereocenters. The molecule has 0 unspecified atom stereocenters. The molecule has 6 rings (SSSR count). The number of aromatic amines is 1. The Morgan fingerprint density at radius 3 is 1.36 bits per heavy atom. The van der Waals surface area contributed by atoms with Crippen molar-refractivity contribution in [2.75, 3.05) is 0 Å². The van der Waals surface area contributed by atoms with E-state index in [0.29, 0.717) is 0 Å². The molecule has 5 heterocycles. The van der Waals surface area contributed by atoms with E-state index in [1.54, 1.807) is 68.0 Å². The van der Waals surface area contributed by atoms with Crippen LogP contribution in [0.4, 0.5) is 0 Å². The molecule has 0 bridgehead atoms. The number of nitrogens with one attached hydrogen (secondary N) is 1. The fourth-order valence-corrected chi connectivity index (χ4v) is 1.86. The average molecular weight is 438 g/mol. The number of pyridine rings is 1. The van der Waals surface area contributed by atoms with E-state index in [9.17, 15) is 0 Å². The fraction of sp³-hybridized carbons (Fsp3) is 0. The lowest BCUT2D eigenvalue weighted by molar-refractivity contribution is 0.959. The Morgan fingerprint density at radius 1 is 0.455 bits per heavy atom. The molecule has 0 spiro atoms. The van der Waals surface area contributed by atoms with Crippen LogP contribution in [0.3, 0.4) is 0 Å². The summed E-state index contributed by atoms with van der Waals surface area (Å²) in [5.41, 5.74) is 1.90. The summed E-state index contributed by atoms with van der Waals surface area (Å²) in [6.45, 7) is 0. The van der Waals surface area contributed by atoms with Crippen LogP contribution in [0.2, 0.25) is 0 Å². The van der Waals surface area contributed by atoms with Gasteiger partial charge in [-0.1, -0.05) is 23.4 Å². The van der Waals surface area contributed by atoms with Gasteiger partial charge in [0.2, 0.25) is 0 Å². The quantitative estimate of drug-likeness (QED) is 0.378. The fourth-order valence-electron chi connectivity index (χ4n) is 1.86. The standard InChI is InChI=1S/C6H5N3.C5H5N.3C4H4N2/c1-2-4-6-5(3-1)7-9-8-6;1-2-4-6-5-3-1;1-2-6-4-3-5-1;1-2-5-4-6-3-1;1-2-4-6-5-3-1/h1-4H,(H,7,8,9);1-5H;3*1-4H. The highest BCUT2D eigenvalue weighted by atomic mass is 15.3. The van der Waals surface area contributed by atoms with Crippen molar-refractivity contribution in [3.63, 3.8) is 0 Å². The predicted octanol–water partition coefficient (Wildman–Crippen LogP) is 3.47. The van der Waals surface area contributed by atoms with Crippen molar-refractivity contribution in [2.45, 2.75) is 0 Å². The van der Waals surface area contributed by atoms with Gasteiger partial charge in [0.05, 0.1) is 5.52 Å². The lowest BCUT2D eigenvalue weighted by Gasteiger charge is -1.79. The molecule has 164 valence electrons. The van der Waals surface area contributed by atoms with Gasteiger partial charge in [0.1, 0.15) is 11.8 Å². The molecule has 0 amide bonds. The van der Waals surface area contributed by atoms with E-state index >= 15 is 0 Å². The normalized spacial score (nSPS) is 8.61. The van der Waals surface area contributed by atoms with Crippen LogP contribution in [0.5, 0.6) is 0 Å². The molecule has 5 aromatic heterocycles. The van der Waals surface area contributed by atoms with Crippen LogP contribution in [-0.2, 0) is 0 Å². The van der Waals surface area contributed by atoms with Gasteiger partial charge in [-0.2, -0.15) is 10.2 Å². The summed E-state index contributed by atoms with van der Waals surface area (Å²) in [5, 5.41) is 17.3. The maximum atomic E-state index is 3.81. The molecule has 10 nitrogen and oxygen atoms in total. The SMILES string of the molecule is c1ccc2[nH]nnc2c1.c1ccncc1.c1ccnnc1.c1cnccn1.c1cncnc1. The Morgan fingerprint density at radius 2 is 1.00 bits per heavy atom. The Kier molecular flexibility index (Phi) is 13.1. The summed E-state index contributed by atoms with van der Waals surface area (Å²) < 4.78 is 0. The molecular weight excluding hydrogens is 416 g/mol. The van der Waals surface area contributed by atoms with E-state index in [1.807, 2.05) is 54.6 Å². The molecule has 0 saturated heterocycles. The van der Waals surface area contributed by atoms with Crippen LogP contribution < -0.4 is 0 Å². The molecule has 0 aliphatic rings. The molecule has 0 fully saturated rings. The summed E-state index contributed by atoms with van der Waals surface area (Å²) in [6, 6.07) is 18.9. The van der Waals surface area contributed by atoms with Gasteiger partial charge in [0.25, 0.3) is 0 Å². The maximum Gasteiger partial charge on any atom is 0.115 e. The number of H-pyrrole nitrogens is 1. The number of para-hydroxylation sites is 1. The number of aromatic nitrogens is 10. The van der Waals surface area contributed by atoms with Gasteiger partial charge >= 0.3 is 0 Å². The second-order valence-electron chi connectivity index (χ2n) is 5.57. The highest BCUT2D eigenvalue weighted by Gasteiger charge is 1.90. The molecule has 0 radical (unpaired) electrons. The zero-order valence-corrected chi connectivity index (χ0v) is 17.6. The van der Waals surface area contributed by atoms with Gasteiger partial charge in [-0.3, -0.25) is 20.1 Å². The molecular formula is C23H22N10. The van der Waals surface area contributed by atoms with Crippen LogP contribution in [-0.4, -0.2) is 50.5 Å². The predicted molar refractivity (Wildman–Crippen MR) is 124 cm³/mol. The highest BCUT2D eigenvalue weighted by molar-refractivity contribution is 5.72. The minimum atomic E-state index is 0.914. The van der Waals surface area contributed by atoms with Gasteiger partial charge < -0.3 is 0 Å². The number of hydrogen-bond acceptors (Lipinski definition) is 9. The lowest BCUT2D eigenvalue weighted by Crippen LogP contribution is -1.69. The smallest absolute Gasteiger partial charge is 0.115 e. The minimum Gasteiger partial charge on any atom is -0.265 e. The first kappa shape index (κ1) is 24.3. The van der Waals surface area contributed by atoms with Crippen LogP contribution in [0, 0.1) is 0 Å². The molecule has 10 heteroatoms. The van der Waals surface area contributed by atoms with E-state index in [-0.39, 0.29) is 0 Å². The number of benzene rings is 1. The zero-order chi connectivity index (χ0) is 23.1. The summed E-state index contributed by atoms with van der Waals surface area (Å²) in [6.07, 6.45) is 18.2. The Labute approximate surface area is 190 Å². The van der Waals surface area contributed by atoms with Gasteiger partial charge in [-0.25, -0.2) is 9.97 Å². The first-order valence-corrected chi connectivity index (χ1v) is 9.69. The van der Waals surface area contributed by atoms with Crippen molar-refractivity contribution >= 4 is 11.0 Å². The Hall–Kier alpha value is -4.99. The number of nitrogens with zero attached hydrogens (tertiary/aromatic N) is 9. The van der Waals surface area contributed by atoms with Crippen molar-refractivity contribution in [3.05, 3.63) is 129 Å². The van der Waals surface area contributed by atoms with Crippen molar-refractivity contribution in [2.24, 2.45) is 0 Å². The number of rotatable bonds is 0. The second kappa shape index (κ2) is 17.8. The highest BCUT2D eigenvalue weighted by Crippen LogP contribution is 2.03. The first-order chi connectivity index (χ1) is 16.5. The zero-order valence-electron chi connectivity index (χ0n) is 17.6. The van der Waals surface area contributed by atoms with Crippen LogP contribution in [0.15, 0.2) is 129 Å². The summed E-state index contributed by atoms with van der Waals surface area (Å²) >= 11 is 0. The Bertz CT molecular complexity index is 895. The van der Waals surface area contributed by atoms with Crippen molar-refractivity contribution < 1.29 is 0 Å². The van der Waals surface area contributed by atoms with Gasteiger partial charge in [-0.05, 0) is 42.5 Å². The summed E-state index contributed by atoms with van der Waals surface area (Å²) in [4.78, 5) is 18.6. The minimum absolute atomic E-state index is 0.914. The average Bonchev–Trinajstić information content (AvgIpc) is 3.43. The van der Waals surface area contributed by atoms with Gasteiger partial charge in [-0.15, -0.1) is 5.10 Å². The molecule has 33 heavy (non-hydrogen) atoms. The molecule has 1 N–H and O–H groups in total. The maximum absolute atomic E-state index is 3.81. The van der Waals surface area contributed by atoms with Gasteiger partial charge in [0.15, 0.2) is 0 Å². The third-order valence-electron chi connectivity index (χ3n) is 3.24. The van der Waals surface area contributed by atoms with Crippen LogP contribution >= 0.6 is 0 Å². The second-order valence-corrected chi connectivity index (χ2v) is 5.57. The molecule has 0 aliphatic carbocycles. The van der Waals surface area contributed by atoms with Crippen LogP contribution in [0.25, 0.3) is 11.0 Å². The number of hydrogen-bond donors (Lipinski definition) is 1.